The van der Waals surface area contributed by atoms with Crippen LogP contribution in [0.5, 0.6) is 0 Å². The molecule has 2 aromatic rings. The monoisotopic (exact) mass is 363 g/mol. The van der Waals surface area contributed by atoms with Gasteiger partial charge in [-0.05, 0) is 24.5 Å². The third-order valence-electron chi connectivity index (χ3n) is 4.03. The molecule has 1 amide bonds. The van der Waals surface area contributed by atoms with Gasteiger partial charge in [-0.15, -0.1) is 11.3 Å². The second kappa shape index (κ2) is 7.27. The van der Waals surface area contributed by atoms with E-state index < -0.39 is 16.8 Å². The fourth-order valence-electron chi connectivity index (χ4n) is 2.85. The Morgan fingerprint density at radius 2 is 2.08 bits per heavy atom. The molecular weight excluding hydrogens is 346 g/mol. The van der Waals surface area contributed by atoms with Gasteiger partial charge in [-0.25, -0.2) is 4.79 Å². The minimum atomic E-state index is -1.06. The van der Waals surface area contributed by atoms with Crippen LogP contribution in [0.4, 0.5) is 5.00 Å². The van der Waals surface area contributed by atoms with Crippen LogP contribution in [-0.4, -0.2) is 39.2 Å². The molecule has 2 atom stereocenters. The zero-order chi connectivity index (χ0) is 17.1. The lowest BCUT2D eigenvalue weighted by atomic mass is 10.1. The largest absolute Gasteiger partial charge is 0.478 e. The number of hydrogen-bond acceptors (Lipinski definition) is 4. The Morgan fingerprint density at radius 3 is 2.71 bits per heavy atom. The van der Waals surface area contributed by atoms with Crippen molar-refractivity contribution in [2.45, 2.75) is 18.9 Å². The molecule has 126 valence electrons. The first-order chi connectivity index (χ1) is 11.6. The average molecular weight is 363 g/mol. The van der Waals surface area contributed by atoms with Crippen LogP contribution >= 0.6 is 11.3 Å². The van der Waals surface area contributed by atoms with Crippen LogP contribution in [0, 0.1) is 0 Å². The second-order valence-corrected chi connectivity index (χ2v) is 8.27. The molecule has 1 N–H and O–H groups in total. The van der Waals surface area contributed by atoms with Crippen molar-refractivity contribution in [3.8, 4) is 10.4 Å². The summed E-state index contributed by atoms with van der Waals surface area (Å²) in [6.45, 7) is 0. The van der Waals surface area contributed by atoms with E-state index in [2.05, 4.69) is 0 Å². The Balaban J connectivity index is 2.01. The normalized spacial score (nSPS) is 20.5. The number of aromatic carboxylic acids is 1. The SMILES string of the molecule is O=CN(c1sc(-c2ccccc2)cc1C(=O)O)C1CCCS(=O)C1. The topological polar surface area (TPSA) is 74.7 Å². The summed E-state index contributed by atoms with van der Waals surface area (Å²) >= 11 is 1.28. The third-order valence-corrected chi connectivity index (χ3v) is 6.73. The van der Waals surface area contributed by atoms with Gasteiger partial charge in [0.25, 0.3) is 0 Å². The highest BCUT2D eigenvalue weighted by molar-refractivity contribution is 7.85. The number of thiophene rings is 1. The van der Waals surface area contributed by atoms with Gasteiger partial charge in [0.1, 0.15) is 5.00 Å². The summed E-state index contributed by atoms with van der Waals surface area (Å²) in [5.74, 6) is -0.0161. The molecule has 2 heterocycles. The predicted molar refractivity (Wildman–Crippen MR) is 96.2 cm³/mol. The molecule has 0 spiro atoms. The van der Waals surface area contributed by atoms with Gasteiger partial charge in [-0.1, -0.05) is 30.3 Å². The van der Waals surface area contributed by atoms with Crippen molar-refractivity contribution in [3.63, 3.8) is 0 Å². The van der Waals surface area contributed by atoms with Crippen molar-refractivity contribution >= 4 is 39.5 Å². The minimum Gasteiger partial charge on any atom is -0.478 e. The lowest BCUT2D eigenvalue weighted by Gasteiger charge is -2.30. The molecule has 1 aromatic heterocycles. The average Bonchev–Trinajstić information content (AvgIpc) is 3.02. The number of rotatable bonds is 5. The highest BCUT2D eigenvalue weighted by Gasteiger charge is 2.29. The number of carbonyl (C=O) groups excluding carboxylic acids is 1. The maximum atomic E-state index is 11.8. The lowest BCUT2D eigenvalue weighted by Crippen LogP contribution is -2.41. The van der Waals surface area contributed by atoms with Gasteiger partial charge in [-0.2, -0.15) is 0 Å². The summed E-state index contributed by atoms with van der Waals surface area (Å²) in [5, 5.41) is 9.94. The van der Waals surface area contributed by atoms with E-state index in [0.29, 0.717) is 22.9 Å². The molecule has 3 rings (SSSR count). The molecule has 0 bridgehead atoms. The van der Waals surface area contributed by atoms with E-state index in [0.717, 1.165) is 23.3 Å². The first kappa shape index (κ1) is 16.9. The quantitative estimate of drug-likeness (QED) is 0.829. The van der Waals surface area contributed by atoms with E-state index in [-0.39, 0.29) is 11.6 Å². The van der Waals surface area contributed by atoms with Crippen LogP contribution in [0.15, 0.2) is 36.4 Å². The maximum Gasteiger partial charge on any atom is 0.338 e. The number of carbonyl (C=O) groups is 2. The molecule has 1 aromatic carbocycles. The summed E-state index contributed by atoms with van der Waals surface area (Å²) in [6, 6.07) is 10.9. The molecule has 2 unspecified atom stereocenters. The summed E-state index contributed by atoms with van der Waals surface area (Å²) in [7, 11) is -0.956. The molecule has 1 fully saturated rings. The Labute approximate surface area is 146 Å². The molecular formula is C17H17NO4S2. The zero-order valence-electron chi connectivity index (χ0n) is 12.9. The number of hydrogen-bond donors (Lipinski definition) is 1. The van der Waals surface area contributed by atoms with E-state index in [1.807, 2.05) is 30.3 Å². The van der Waals surface area contributed by atoms with Crippen molar-refractivity contribution in [1.29, 1.82) is 0 Å². The van der Waals surface area contributed by atoms with Gasteiger partial charge in [0.15, 0.2) is 0 Å². The Bertz CT molecular complexity index is 772. The van der Waals surface area contributed by atoms with Crippen LogP contribution in [0.3, 0.4) is 0 Å². The molecule has 0 saturated carbocycles. The molecule has 5 nitrogen and oxygen atoms in total. The smallest absolute Gasteiger partial charge is 0.338 e. The van der Waals surface area contributed by atoms with Crippen LogP contribution < -0.4 is 4.90 Å². The van der Waals surface area contributed by atoms with Crippen molar-refractivity contribution in [2.75, 3.05) is 16.4 Å². The first-order valence-corrected chi connectivity index (χ1v) is 9.91. The van der Waals surface area contributed by atoms with Gasteiger partial charge in [0, 0.05) is 33.2 Å². The van der Waals surface area contributed by atoms with Crippen molar-refractivity contribution in [2.24, 2.45) is 0 Å². The summed E-state index contributed by atoms with van der Waals surface area (Å²) in [6.07, 6.45) is 2.18. The molecule has 1 saturated heterocycles. The number of carboxylic acids is 1. The van der Waals surface area contributed by atoms with Gasteiger partial charge in [0.05, 0.1) is 5.56 Å². The predicted octanol–water partition coefficient (Wildman–Crippen LogP) is 2.99. The number of nitrogens with zero attached hydrogens (tertiary/aromatic N) is 1. The van der Waals surface area contributed by atoms with Gasteiger partial charge in [-0.3, -0.25) is 9.00 Å². The van der Waals surface area contributed by atoms with Crippen LogP contribution in [0.1, 0.15) is 23.2 Å². The highest BCUT2D eigenvalue weighted by Crippen LogP contribution is 2.39. The molecule has 24 heavy (non-hydrogen) atoms. The van der Waals surface area contributed by atoms with Crippen molar-refractivity contribution < 1.29 is 18.9 Å². The summed E-state index contributed by atoms with van der Waals surface area (Å²) in [4.78, 5) is 25.6. The number of carboxylic acid groups (broad SMARTS) is 1. The van der Waals surface area contributed by atoms with Crippen LogP contribution in [0.2, 0.25) is 0 Å². The Hall–Kier alpha value is -1.99. The van der Waals surface area contributed by atoms with Crippen molar-refractivity contribution in [1.82, 2.24) is 0 Å². The van der Waals surface area contributed by atoms with E-state index >= 15 is 0 Å². The fourth-order valence-corrected chi connectivity index (χ4v) is 5.46. The minimum absolute atomic E-state index is 0.113. The summed E-state index contributed by atoms with van der Waals surface area (Å²) < 4.78 is 11.8. The van der Waals surface area contributed by atoms with E-state index in [1.54, 1.807) is 6.07 Å². The molecule has 0 radical (unpaired) electrons. The molecule has 1 aliphatic heterocycles. The van der Waals surface area contributed by atoms with Gasteiger partial charge >= 0.3 is 5.97 Å². The van der Waals surface area contributed by atoms with E-state index in [9.17, 15) is 18.9 Å². The number of amides is 1. The molecule has 7 heteroatoms. The Kier molecular flexibility index (Phi) is 5.11. The van der Waals surface area contributed by atoms with E-state index in [1.165, 1.54) is 16.2 Å². The number of anilines is 1. The number of benzene rings is 1. The van der Waals surface area contributed by atoms with Gasteiger partial charge in [0.2, 0.25) is 6.41 Å². The van der Waals surface area contributed by atoms with Crippen molar-refractivity contribution in [3.05, 3.63) is 42.0 Å². The Morgan fingerprint density at radius 1 is 1.33 bits per heavy atom. The van der Waals surface area contributed by atoms with Crippen LogP contribution in [0.25, 0.3) is 10.4 Å². The molecule has 1 aliphatic rings. The van der Waals surface area contributed by atoms with Crippen LogP contribution in [-0.2, 0) is 15.6 Å². The second-order valence-electron chi connectivity index (χ2n) is 5.62. The molecule has 0 aliphatic carbocycles. The fraction of sp³-hybridized carbons (Fsp3) is 0.294. The first-order valence-electron chi connectivity index (χ1n) is 7.61. The maximum absolute atomic E-state index is 11.8. The standard InChI is InChI=1S/C17H17NO4S2/c19-11-18(13-7-4-8-24(22)10-13)16-14(17(20)21)9-15(23-16)12-5-2-1-3-6-12/h1-3,5-6,9,11,13H,4,7-8,10H2,(H,20,21). The van der Waals surface area contributed by atoms with Gasteiger partial charge < -0.3 is 10.0 Å². The summed E-state index contributed by atoms with van der Waals surface area (Å²) in [5.41, 5.74) is 1.02. The zero-order valence-corrected chi connectivity index (χ0v) is 14.5. The highest BCUT2D eigenvalue weighted by atomic mass is 32.2. The lowest BCUT2D eigenvalue weighted by molar-refractivity contribution is -0.107. The third kappa shape index (κ3) is 3.42. The van der Waals surface area contributed by atoms with E-state index in [4.69, 9.17) is 0 Å².